The summed E-state index contributed by atoms with van der Waals surface area (Å²) in [6.45, 7) is 2.01. The van der Waals surface area contributed by atoms with Crippen LogP contribution in [0.2, 0.25) is 0 Å². The maximum atomic E-state index is 12.7. The lowest BCUT2D eigenvalue weighted by Crippen LogP contribution is -2.32. The first-order valence-corrected chi connectivity index (χ1v) is 7.29. The van der Waals surface area contributed by atoms with Gasteiger partial charge >= 0.3 is 0 Å². The molecule has 4 rings (SSSR count). The minimum absolute atomic E-state index is 0.118. The molecule has 1 saturated carbocycles. The van der Waals surface area contributed by atoms with Gasteiger partial charge < -0.3 is 0 Å². The van der Waals surface area contributed by atoms with Gasteiger partial charge in [0, 0.05) is 12.1 Å². The Labute approximate surface area is 126 Å². The summed E-state index contributed by atoms with van der Waals surface area (Å²) < 4.78 is 0. The second kappa shape index (κ2) is 4.25. The van der Waals surface area contributed by atoms with Crippen LogP contribution in [0.4, 0.5) is 11.4 Å². The highest BCUT2D eigenvalue weighted by molar-refractivity contribution is 6.23. The van der Waals surface area contributed by atoms with Gasteiger partial charge in [-0.2, -0.15) is 0 Å². The molecule has 1 aliphatic heterocycles. The predicted molar refractivity (Wildman–Crippen MR) is 77.9 cm³/mol. The van der Waals surface area contributed by atoms with E-state index in [0.717, 1.165) is 11.3 Å². The molecule has 2 bridgehead atoms. The van der Waals surface area contributed by atoms with Gasteiger partial charge in [-0.25, -0.2) is 4.90 Å². The van der Waals surface area contributed by atoms with E-state index in [2.05, 4.69) is 6.08 Å². The molecule has 1 saturated heterocycles. The van der Waals surface area contributed by atoms with Gasteiger partial charge in [0.05, 0.1) is 22.4 Å². The average Bonchev–Trinajstić information content (AvgIpc) is 3.10. The number of nitro benzene ring substituents is 1. The molecule has 4 atom stereocenters. The van der Waals surface area contributed by atoms with Crippen molar-refractivity contribution in [2.75, 3.05) is 4.90 Å². The third kappa shape index (κ3) is 1.55. The van der Waals surface area contributed by atoms with E-state index < -0.39 is 4.92 Å². The minimum atomic E-state index is -0.523. The van der Waals surface area contributed by atoms with Crippen LogP contribution in [0.25, 0.3) is 0 Å². The van der Waals surface area contributed by atoms with Crippen LogP contribution in [0, 0.1) is 33.8 Å². The van der Waals surface area contributed by atoms with Crippen LogP contribution in [0.3, 0.4) is 0 Å². The number of anilines is 1. The van der Waals surface area contributed by atoms with Gasteiger partial charge in [0.25, 0.3) is 5.69 Å². The van der Waals surface area contributed by atoms with Gasteiger partial charge in [-0.15, -0.1) is 0 Å². The number of hydrogen-bond donors (Lipinski definition) is 0. The van der Waals surface area contributed by atoms with Crippen molar-refractivity contribution in [1.82, 2.24) is 0 Å². The molecular formula is C16H14N2O4. The lowest BCUT2D eigenvalue weighted by molar-refractivity contribution is -0.384. The Balaban J connectivity index is 1.74. The number of fused-ring (bicyclic) bond motifs is 5. The van der Waals surface area contributed by atoms with E-state index in [9.17, 15) is 19.7 Å². The number of carbonyl (C=O) groups is 2. The fourth-order valence-electron chi connectivity index (χ4n) is 4.27. The van der Waals surface area contributed by atoms with E-state index in [1.54, 1.807) is 6.07 Å². The number of allylic oxidation sites excluding steroid dienone is 2. The van der Waals surface area contributed by atoms with Gasteiger partial charge in [0.1, 0.15) is 0 Å². The lowest BCUT2D eigenvalue weighted by Gasteiger charge is -2.19. The predicted octanol–water partition coefficient (Wildman–Crippen LogP) is 2.30. The first kappa shape index (κ1) is 13.2. The van der Waals surface area contributed by atoms with E-state index in [1.807, 2.05) is 6.92 Å². The third-order valence-corrected chi connectivity index (χ3v) is 5.18. The largest absolute Gasteiger partial charge is 0.274 e. The molecule has 0 aromatic heterocycles. The van der Waals surface area contributed by atoms with Crippen LogP contribution >= 0.6 is 0 Å². The Morgan fingerprint density at radius 2 is 1.95 bits per heavy atom. The number of rotatable bonds is 2. The molecule has 0 radical (unpaired) electrons. The Kier molecular flexibility index (Phi) is 2.55. The van der Waals surface area contributed by atoms with Crippen LogP contribution in [0.1, 0.15) is 13.3 Å². The zero-order valence-corrected chi connectivity index (χ0v) is 11.9. The zero-order valence-electron chi connectivity index (χ0n) is 11.9. The molecule has 1 aromatic carbocycles. The van der Waals surface area contributed by atoms with Crippen LogP contribution < -0.4 is 4.90 Å². The molecule has 3 aliphatic rings. The Morgan fingerprint density at radius 3 is 2.68 bits per heavy atom. The minimum Gasteiger partial charge on any atom is -0.274 e. The molecule has 22 heavy (non-hydrogen) atoms. The Bertz CT molecular complexity index is 754. The van der Waals surface area contributed by atoms with Gasteiger partial charge in [0.2, 0.25) is 11.8 Å². The second-order valence-electron chi connectivity index (χ2n) is 6.26. The monoisotopic (exact) mass is 298 g/mol. The molecule has 2 amide bonds. The summed E-state index contributed by atoms with van der Waals surface area (Å²) in [7, 11) is 0. The van der Waals surface area contributed by atoms with Crippen molar-refractivity contribution in [2.45, 2.75) is 13.3 Å². The highest BCUT2D eigenvalue weighted by atomic mass is 16.6. The SMILES string of the molecule is CC1=C[C@@H]2C[C@@H]1[C@H]1C(=O)N(c3cccc([N+](=O)[O-])c3)C(=O)[C@@H]12. The van der Waals surface area contributed by atoms with Gasteiger partial charge in [0.15, 0.2) is 0 Å². The Morgan fingerprint density at radius 1 is 1.23 bits per heavy atom. The third-order valence-electron chi connectivity index (χ3n) is 5.18. The van der Waals surface area contributed by atoms with Crippen molar-refractivity contribution >= 4 is 23.2 Å². The van der Waals surface area contributed by atoms with E-state index in [-0.39, 0.29) is 41.2 Å². The number of carbonyl (C=O) groups excluding carboxylic acids is 2. The summed E-state index contributed by atoms with van der Waals surface area (Å²) in [4.78, 5) is 36.9. The molecule has 112 valence electrons. The topological polar surface area (TPSA) is 80.5 Å². The molecule has 2 aliphatic carbocycles. The smallest absolute Gasteiger partial charge is 0.271 e. The number of imide groups is 1. The van der Waals surface area contributed by atoms with Crippen LogP contribution in [0.5, 0.6) is 0 Å². The molecule has 1 aromatic rings. The van der Waals surface area contributed by atoms with Crippen LogP contribution in [0.15, 0.2) is 35.9 Å². The number of nitro groups is 1. The van der Waals surface area contributed by atoms with Crippen molar-refractivity contribution in [3.63, 3.8) is 0 Å². The average molecular weight is 298 g/mol. The van der Waals surface area contributed by atoms with Crippen molar-refractivity contribution in [3.05, 3.63) is 46.0 Å². The molecule has 0 spiro atoms. The Hall–Kier alpha value is -2.50. The highest BCUT2D eigenvalue weighted by Crippen LogP contribution is 2.55. The van der Waals surface area contributed by atoms with E-state index in [1.165, 1.54) is 23.8 Å². The summed E-state index contributed by atoms with van der Waals surface area (Å²) in [6.07, 6.45) is 2.98. The maximum absolute atomic E-state index is 12.7. The summed E-state index contributed by atoms with van der Waals surface area (Å²) in [5.41, 5.74) is 1.37. The molecule has 1 heterocycles. The normalized spacial score (nSPS) is 32.4. The summed E-state index contributed by atoms with van der Waals surface area (Å²) in [5, 5.41) is 10.9. The number of amides is 2. The summed E-state index contributed by atoms with van der Waals surface area (Å²) in [5.74, 6) is -0.727. The number of hydrogen-bond acceptors (Lipinski definition) is 4. The van der Waals surface area contributed by atoms with E-state index >= 15 is 0 Å². The number of nitrogens with zero attached hydrogens (tertiary/aromatic N) is 2. The van der Waals surface area contributed by atoms with Gasteiger partial charge in [-0.05, 0) is 31.2 Å². The molecule has 0 unspecified atom stereocenters. The molecule has 0 N–H and O–H groups in total. The van der Waals surface area contributed by atoms with E-state index in [0.29, 0.717) is 5.69 Å². The standard InChI is InChI=1S/C16H14N2O4/c1-8-5-9-6-12(8)14-13(9)15(19)17(16(14)20)10-3-2-4-11(7-10)18(21)22/h2-5,7,9,12-14H,6H2,1H3/t9-,12+,13-,14-/m1/s1. The summed E-state index contributed by atoms with van der Waals surface area (Å²) >= 11 is 0. The number of benzene rings is 1. The second-order valence-corrected chi connectivity index (χ2v) is 6.26. The van der Waals surface area contributed by atoms with Crippen LogP contribution in [-0.4, -0.2) is 16.7 Å². The van der Waals surface area contributed by atoms with Crippen LogP contribution in [-0.2, 0) is 9.59 Å². The first-order chi connectivity index (χ1) is 10.5. The first-order valence-electron chi connectivity index (χ1n) is 7.29. The molecular weight excluding hydrogens is 284 g/mol. The van der Waals surface area contributed by atoms with E-state index in [4.69, 9.17) is 0 Å². The quantitative estimate of drug-likeness (QED) is 0.363. The van der Waals surface area contributed by atoms with Gasteiger partial charge in [-0.3, -0.25) is 19.7 Å². The van der Waals surface area contributed by atoms with Crippen molar-refractivity contribution in [1.29, 1.82) is 0 Å². The fourth-order valence-corrected chi connectivity index (χ4v) is 4.27. The molecule has 6 nitrogen and oxygen atoms in total. The molecule has 6 heteroatoms. The van der Waals surface area contributed by atoms with Crippen molar-refractivity contribution < 1.29 is 14.5 Å². The summed E-state index contributed by atoms with van der Waals surface area (Å²) in [6, 6.07) is 5.72. The maximum Gasteiger partial charge on any atom is 0.271 e. The molecule has 2 fully saturated rings. The lowest BCUT2D eigenvalue weighted by atomic mass is 9.82. The zero-order chi connectivity index (χ0) is 15.6. The highest BCUT2D eigenvalue weighted by Gasteiger charge is 2.60. The van der Waals surface area contributed by atoms with Gasteiger partial charge in [-0.1, -0.05) is 17.7 Å². The fraction of sp³-hybridized carbons (Fsp3) is 0.375. The van der Waals surface area contributed by atoms with Crippen molar-refractivity contribution in [3.8, 4) is 0 Å². The number of non-ortho nitro benzene ring substituents is 1. The van der Waals surface area contributed by atoms with Crippen molar-refractivity contribution in [2.24, 2.45) is 23.7 Å².